The lowest BCUT2D eigenvalue weighted by Gasteiger charge is -2.58. The molecular formula is C43H63NO5. The van der Waals surface area contributed by atoms with Gasteiger partial charge in [0.05, 0.1) is 13.0 Å². The molecule has 49 heavy (non-hydrogen) atoms. The van der Waals surface area contributed by atoms with E-state index in [0.29, 0.717) is 41.4 Å². The average Bonchev–Trinajstić information content (AvgIpc) is 3.61. The minimum atomic E-state index is -0.157. The van der Waals surface area contributed by atoms with Gasteiger partial charge in [-0.2, -0.15) is 0 Å². The molecule has 0 aromatic heterocycles. The first-order valence-corrected chi connectivity index (χ1v) is 20.3. The van der Waals surface area contributed by atoms with Gasteiger partial charge in [-0.25, -0.2) is 0 Å². The van der Waals surface area contributed by atoms with Gasteiger partial charge in [-0.15, -0.1) is 0 Å². The van der Waals surface area contributed by atoms with Crippen molar-refractivity contribution >= 4 is 17.8 Å². The number of amides is 1. The van der Waals surface area contributed by atoms with Crippen LogP contribution in [0.5, 0.6) is 0 Å². The molecule has 0 aromatic carbocycles. The number of rotatable bonds is 4. The summed E-state index contributed by atoms with van der Waals surface area (Å²) >= 11 is 0. The van der Waals surface area contributed by atoms with Gasteiger partial charge in [0.1, 0.15) is 6.10 Å². The Kier molecular flexibility index (Phi) is 8.31. The number of esters is 2. The molecule has 6 heteroatoms. The Balaban J connectivity index is 0.923. The predicted molar refractivity (Wildman–Crippen MR) is 190 cm³/mol. The van der Waals surface area contributed by atoms with Gasteiger partial charge in [0.25, 0.3) is 0 Å². The lowest BCUT2D eigenvalue weighted by Crippen LogP contribution is -2.54. The molecule has 6 nitrogen and oxygen atoms in total. The fourth-order valence-corrected chi connectivity index (χ4v) is 15.0. The zero-order chi connectivity index (χ0) is 34.5. The van der Waals surface area contributed by atoms with E-state index in [4.69, 9.17) is 9.47 Å². The molecule has 270 valence electrons. The predicted octanol–water partition coefficient (Wildman–Crippen LogP) is 8.73. The smallest absolute Gasteiger partial charge is 0.309 e. The molecule has 0 saturated heterocycles. The minimum Gasteiger partial charge on any atom is -0.469 e. The number of hydrogen-bond acceptors (Lipinski definition) is 5. The second-order valence-corrected chi connectivity index (χ2v) is 19.3. The summed E-state index contributed by atoms with van der Waals surface area (Å²) in [5.41, 5.74) is 3.73. The van der Waals surface area contributed by atoms with Crippen molar-refractivity contribution in [3.05, 3.63) is 23.3 Å². The third kappa shape index (κ3) is 5.08. The van der Waals surface area contributed by atoms with E-state index in [9.17, 15) is 14.4 Å². The summed E-state index contributed by atoms with van der Waals surface area (Å²) < 4.78 is 10.9. The highest BCUT2D eigenvalue weighted by Crippen LogP contribution is 2.68. The lowest BCUT2D eigenvalue weighted by atomic mass is 9.47. The van der Waals surface area contributed by atoms with E-state index < -0.39 is 0 Å². The SMILES string of the molecule is COC(=O)[C@H]1CC[C@H]2[C@@H]3CC=C4C[C@@H](NC(=O)[C@H]5CC[C@H]6[C@@H]7CC=C8C[C@@H](OC(C)=O)CC[C@]8(C)[C@H]7CC[C@]56C)CC[C@]4(C)[C@H]3CC[C@]12C. The Morgan fingerprint density at radius 2 is 1.22 bits per heavy atom. The molecule has 8 aliphatic rings. The third-order valence-corrected chi connectivity index (χ3v) is 17.6. The Labute approximate surface area is 295 Å². The maximum absolute atomic E-state index is 14.3. The molecular weight excluding hydrogens is 610 g/mol. The molecule has 8 aliphatic carbocycles. The first-order chi connectivity index (χ1) is 23.3. The van der Waals surface area contributed by atoms with E-state index in [1.807, 2.05) is 0 Å². The summed E-state index contributed by atoms with van der Waals surface area (Å²) in [6.45, 7) is 11.4. The van der Waals surface area contributed by atoms with Crippen LogP contribution in [0.4, 0.5) is 0 Å². The molecule has 0 unspecified atom stereocenters. The number of carbonyl (C=O) groups excluding carboxylic acids is 3. The van der Waals surface area contributed by atoms with Crippen LogP contribution in [0, 0.1) is 69.0 Å². The summed E-state index contributed by atoms with van der Waals surface area (Å²) in [4.78, 5) is 38.7. The standard InChI is InChI=1S/C43H63NO5/c1-25(45)49-29-16-20-41(3)27(24-29)8-10-30-32-11-13-36(42(32,4)21-17-35(30)41)38(46)44-28-15-19-40(2)26(23-28)7-9-31-33-12-14-37(39(47)48-6)43(33,5)22-18-34(31)40/h7-8,28-37H,9-24H2,1-6H3,(H,44,46)/t28-,29-,30-,31-,32-,33-,34-,35-,36+,37+,40-,41-,42-,43-/m0/s1. The number of ether oxygens (including phenoxy) is 2. The molecule has 0 aromatic rings. The largest absolute Gasteiger partial charge is 0.469 e. The van der Waals surface area contributed by atoms with Crippen molar-refractivity contribution in [3.8, 4) is 0 Å². The summed E-state index contributed by atoms with van der Waals surface area (Å²) in [6, 6.07) is 0.248. The quantitative estimate of drug-likeness (QED) is 0.239. The van der Waals surface area contributed by atoms with Gasteiger partial charge in [-0.05, 0) is 153 Å². The first-order valence-electron chi connectivity index (χ1n) is 20.3. The van der Waals surface area contributed by atoms with Gasteiger partial charge in [-0.1, -0.05) is 51.0 Å². The second-order valence-electron chi connectivity index (χ2n) is 19.3. The molecule has 0 bridgehead atoms. The molecule has 0 aliphatic heterocycles. The monoisotopic (exact) mass is 673 g/mol. The number of methoxy groups -OCH3 is 1. The molecule has 0 heterocycles. The Bertz CT molecular complexity index is 1450. The van der Waals surface area contributed by atoms with E-state index in [1.165, 1.54) is 31.8 Å². The first kappa shape index (κ1) is 34.0. The number of allylic oxidation sites excluding steroid dienone is 2. The minimum absolute atomic E-state index is 0.00681. The molecule has 0 spiro atoms. The van der Waals surface area contributed by atoms with Crippen LogP contribution < -0.4 is 5.32 Å². The summed E-state index contributed by atoms with van der Waals surface area (Å²) in [5.74, 6) is 4.27. The van der Waals surface area contributed by atoms with Gasteiger partial charge in [0.15, 0.2) is 0 Å². The summed E-state index contributed by atoms with van der Waals surface area (Å²) in [7, 11) is 1.55. The van der Waals surface area contributed by atoms with Crippen LogP contribution in [0.2, 0.25) is 0 Å². The number of fused-ring (bicyclic) bond motifs is 10. The van der Waals surface area contributed by atoms with Crippen LogP contribution >= 0.6 is 0 Å². The van der Waals surface area contributed by atoms with Gasteiger partial charge in [-0.3, -0.25) is 14.4 Å². The van der Waals surface area contributed by atoms with Gasteiger partial charge >= 0.3 is 11.9 Å². The lowest BCUT2D eigenvalue weighted by molar-refractivity contribution is -0.152. The second kappa shape index (κ2) is 12.0. The molecule has 1 N–H and O–H groups in total. The van der Waals surface area contributed by atoms with Crippen molar-refractivity contribution in [2.24, 2.45) is 69.0 Å². The summed E-state index contributed by atoms with van der Waals surface area (Å²) in [6.07, 6.45) is 22.7. The van der Waals surface area contributed by atoms with Crippen molar-refractivity contribution in [1.82, 2.24) is 5.32 Å². The highest BCUT2D eigenvalue weighted by molar-refractivity contribution is 5.80. The van der Waals surface area contributed by atoms with E-state index in [0.717, 1.165) is 83.5 Å². The highest BCUT2D eigenvalue weighted by atomic mass is 16.5. The van der Waals surface area contributed by atoms with Crippen molar-refractivity contribution in [2.45, 2.75) is 149 Å². The molecule has 6 fully saturated rings. The topological polar surface area (TPSA) is 81.7 Å². The van der Waals surface area contributed by atoms with Crippen molar-refractivity contribution in [2.75, 3.05) is 7.11 Å². The molecule has 14 atom stereocenters. The zero-order valence-electron chi connectivity index (χ0n) is 31.3. The van der Waals surface area contributed by atoms with Gasteiger partial charge in [0.2, 0.25) is 5.91 Å². The number of hydrogen-bond donors (Lipinski definition) is 1. The van der Waals surface area contributed by atoms with Crippen LogP contribution in [0.15, 0.2) is 23.3 Å². The van der Waals surface area contributed by atoms with Gasteiger partial charge < -0.3 is 14.8 Å². The van der Waals surface area contributed by atoms with E-state index in [2.05, 4.69) is 45.2 Å². The van der Waals surface area contributed by atoms with Crippen LogP contribution in [0.1, 0.15) is 137 Å². The van der Waals surface area contributed by atoms with Crippen molar-refractivity contribution < 1.29 is 23.9 Å². The van der Waals surface area contributed by atoms with E-state index in [1.54, 1.807) is 12.7 Å². The maximum Gasteiger partial charge on any atom is 0.309 e. The zero-order valence-corrected chi connectivity index (χ0v) is 31.3. The molecule has 6 saturated carbocycles. The fraction of sp³-hybridized carbons (Fsp3) is 0.837. The Morgan fingerprint density at radius 1 is 0.673 bits per heavy atom. The van der Waals surface area contributed by atoms with Crippen molar-refractivity contribution in [3.63, 3.8) is 0 Å². The maximum atomic E-state index is 14.3. The fourth-order valence-electron chi connectivity index (χ4n) is 15.0. The molecule has 1 amide bonds. The summed E-state index contributed by atoms with van der Waals surface area (Å²) in [5, 5.41) is 3.67. The van der Waals surface area contributed by atoms with E-state index >= 15 is 0 Å². The normalized spacial score (nSPS) is 49.8. The molecule has 0 radical (unpaired) electrons. The Hall–Kier alpha value is -2.11. The average molecular weight is 674 g/mol. The third-order valence-electron chi connectivity index (χ3n) is 17.6. The number of carbonyl (C=O) groups is 3. The highest BCUT2D eigenvalue weighted by Gasteiger charge is 2.62. The van der Waals surface area contributed by atoms with Crippen LogP contribution in [0.3, 0.4) is 0 Å². The Morgan fingerprint density at radius 3 is 1.82 bits per heavy atom. The van der Waals surface area contributed by atoms with Crippen LogP contribution in [0.25, 0.3) is 0 Å². The van der Waals surface area contributed by atoms with Gasteiger partial charge in [0, 0.05) is 25.3 Å². The van der Waals surface area contributed by atoms with E-state index in [-0.39, 0.29) is 57.6 Å². The van der Waals surface area contributed by atoms with Crippen molar-refractivity contribution in [1.29, 1.82) is 0 Å². The van der Waals surface area contributed by atoms with Crippen LogP contribution in [-0.4, -0.2) is 37.1 Å². The molecule has 8 rings (SSSR count). The number of nitrogens with one attached hydrogen (secondary N) is 1. The van der Waals surface area contributed by atoms with Crippen LogP contribution in [-0.2, 0) is 23.9 Å².